The summed E-state index contributed by atoms with van der Waals surface area (Å²) in [6.45, 7) is 0.316. The summed E-state index contributed by atoms with van der Waals surface area (Å²) in [6, 6.07) is 11.8. The Morgan fingerprint density at radius 2 is 1.77 bits per heavy atom. The van der Waals surface area contributed by atoms with Crippen LogP contribution in [-0.2, 0) is 10.0 Å². The van der Waals surface area contributed by atoms with Gasteiger partial charge in [0.2, 0.25) is 10.0 Å². The summed E-state index contributed by atoms with van der Waals surface area (Å²) in [5.41, 5.74) is 0. The Hall–Kier alpha value is -2.12. The molecule has 2 aromatic carbocycles. The van der Waals surface area contributed by atoms with E-state index in [-0.39, 0.29) is 18.0 Å². The molecule has 0 spiro atoms. The number of nitrogens with one attached hydrogen (secondary N) is 1. The zero-order valence-corrected chi connectivity index (χ0v) is 12.3. The summed E-state index contributed by atoms with van der Waals surface area (Å²) in [7, 11) is -3.71. The number of hydrogen-bond acceptors (Lipinski definition) is 4. The van der Waals surface area contributed by atoms with E-state index in [9.17, 15) is 12.8 Å². The van der Waals surface area contributed by atoms with Crippen LogP contribution in [0.1, 0.15) is 0 Å². The highest BCUT2D eigenvalue weighted by Crippen LogP contribution is 2.30. The van der Waals surface area contributed by atoms with Gasteiger partial charge in [0.15, 0.2) is 11.5 Å². The van der Waals surface area contributed by atoms with E-state index in [0.717, 1.165) is 12.1 Å². The molecule has 1 aliphatic heterocycles. The van der Waals surface area contributed by atoms with Crippen molar-refractivity contribution < 1.29 is 22.3 Å². The standard InChI is InChI=1S/C15H14FNO4S/c16-11-5-7-13(8-6-11)22(18,19)17-9-12-10-20-14-3-1-2-4-15(14)21-12/h1-8,12,17H,9-10H2/t12-/m1/s1. The average molecular weight is 323 g/mol. The molecule has 0 fully saturated rings. The molecule has 7 heteroatoms. The smallest absolute Gasteiger partial charge is 0.240 e. The molecule has 1 aliphatic rings. The fraction of sp³-hybridized carbons (Fsp3) is 0.200. The Morgan fingerprint density at radius 3 is 2.50 bits per heavy atom. The van der Waals surface area contributed by atoms with Crippen molar-refractivity contribution in [2.24, 2.45) is 0 Å². The molecule has 0 saturated heterocycles. The van der Waals surface area contributed by atoms with Gasteiger partial charge in [0.05, 0.1) is 11.4 Å². The Labute approximate surface area is 127 Å². The van der Waals surface area contributed by atoms with Gasteiger partial charge in [0, 0.05) is 0 Å². The topological polar surface area (TPSA) is 64.6 Å². The van der Waals surface area contributed by atoms with Gasteiger partial charge in [-0.25, -0.2) is 17.5 Å². The largest absolute Gasteiger partial charge is 0.486 e. The number of rotatable bonds is 4. The molecule has 1 atom stereocenters. The van der Waals surface area contributed by atoms with E-state index in [1.54, 1.807) is 12.1 Å². The van der Waals surface area contributed by atoms with E-state index >= 15 is 0 Å². The summed E-state index contributed by atoms with van der Waals surface area (Å²) >= 11 is 0. The van der Waals surface area contributed by atoms with Gasteiger partial charge < -0.3 is 9.47 Å². The van der Waals surface area contributed by atoms with Gasteiger partial charge in [0.25, 0.3) is 0 Å². The molecule has 0 unspecified atom stereocenters. The predicted octanol–water partition coefficient (Wildman–Crippen LogP) is 1.94. The van der Waals surface area contributed by atoms with Gasteiger partial charge in [-0.2, -0.15) is 0 Å². The van der Waals surface area contributed by atoms with Crippen LogP contribution in [0.15, 0.2) is 53.4 Å². The molecule has 1 heterocycles. The molecule has 3 rings (SSSR count). The monoisotopic (exact) mass is 323 g/mol. The summed E-state index contributed by atoms with van der Waals surface area (Å²) in [5, 5.41) is 0. The summed E-state index contributed by atoms with van der Waals surface area (Å²) < 4.78 is 50.7. The first-order valence-electron chi connectivity index (χ1n) is 6.68. The first-order valence-corrected chi connectivity index (χ1v) is 8.17. The van der Waals surface area contributed by atoms with Crippen LogP contribution in [0.5, 0.6) is 11.5 Å². The molecule has 0 aliphatic carbocycles. The highest BCUT2D eigenvalue weighted by molar-refractivity contribution is 7.89. The molecule has 22 heavy (non-hydrogen) atoms. The first kappa shape index (κ1) is 14.8. The van der Waals surface area contributed by atoms with Crippen LogP contribution < -0.4 is 14.2 Å². The predicted molar refractivity (Wildman–Crippen MR) is 77.9 cm³/mol. The van der Waals surface area contributed by atoms with Crippen molar-refractivity contribution in [1.82, 2.24) is 4.72 Å². The molecule has 0 radical (unpaired) electrons. The fourth-order valence-electron chi connectivity index (χ4n) is 2.06. The molecular formula is C15H14FNO4S. The number of fused-ring (bicyclic) bond motifs is 1. The Balaban J connectivity index is 1.64. The number of sulfonamides is 1. The summed E-state index contributed by atoms with van der Waals surface area (Å²) in [4.78, 5) is 0.00558. The molecule has 0 bridgehead atoms. The van der Waals surface area contributed by atoms with Crippen molar-refractivity contribution in [2.45, 2.75) is 11.0 Å². The number of para-hydroxylation sites is 2. The van der Waals surface area contributed by atoms with E-state index in [4.69, 9.17) is 9.47 Å². The van der Waals surface area contributed by atoms with Crippen LogP contribution in [0.4, 0.5) is 4.39 Å². The van der Waals surface area contributed by atoms with E-state index in [0.29, 0.717) is 11.5 Å². The number of ether oxygens (including phenoxy) is 2. The second kappa shape index (κ2) is 5.94. The average Bonchev–Trinajstić information content (AvgIpc) is 2.53. The van der Waals surface area contributed by atoms with Crippen molar-refractivity contribution in [3.63, 3.8) is 0 Å². The van der Waals surface area contributed by atoms with Crippen molar-refractivity contribution in [1.29, 1.82) is 0 Å². The molecule has 5 nitrogen and oxygen atoms in total. The Morgan fingerprint density at radius 1 is 1.09 bits per heavy atom. The number of hydrogen-bond donors (Lipinski definition) is 1. The van der Waals surface area contributed by atoms with Crippen LogP contribution >= 0.6 is 0 Å². The van der Waals surface area contributed by atoms with Gasteiger partial charge in [-0.05, 0) is 36.4 Å². The maximum atomic E-state index is 12.8. The molecule has 116 valence electrons. The van der Waals surface area contributed by atoms with Crippen molar-refractivity contribution >= 4 is 10.0 Å². The van der Waals surface area contributed by atoms with Crippen LogP contribution in [-0.4, -0.2) is 27.7 Å². The van der Waals surface area contributed by atoms with Crippen molar-refractivity contribution in [3.8, 4) is 11.5 Å². The second-order valence-corrected chi connectivity index (χ2v) is 6.57. The van der Waals surface area contributed by atoms with Gasteiger partial charge in [-0.3, -0.25) is 0 Å². The highest BCUT2D eigenvalue weighted by Gasteiger charge is 2.23. The number of halogens is 1. The van der Waals surface area contributed by atoms with Gasteiger partial charge in [-0.1, -0.05) is 12.1 Å². The Kier molecular flexibility index (Phi) is 4.00. The van der Waals surface area contributed by atoms with E-state index < -0.39 is 21.9 Å². The first-order chi connectivity index (χ1) is 10.5. The second-order valence-electron chi connectivity index (χ2n) is 4.80. The molecule has 0 aromatic heterocycles. The van der Waals surface area contributed by atoms with Crippen LogP contribution in [0.2, 0.25) is 0 Å². The third-order valence-electron chi connectivity index (χ3n) is 3.19. The normalized spacial score (nSPS) is 17.2. The van der Waals surface area contributed by atoms with E-state index in [1.165, 1.54) is 12.1 Å². The quantitative estimate of drug-likeness (QED) is 0.934. The lowest BCUT2D eigenvalue weighted by Crippen LogP contribution is -2.40. The van der Waals surface area contributed by atoms with Crippen LogP contribution in [0, 0.1) is 5.82 Å². The highest BCUT2D eigenvalue weighted by atomic mass is 32.2. The SMILES string of the molecule is O=S(=O)(NC[C@@H]1COc2ccccc2O1)c1ccc(F)cc1. The van der Waals surface area contributed by atoms with Crippen molar-refractivity contribution in [2.75, 3.05) is 13.2 Å². The van der Waals surface area contributed by atoms with Gasteiger partial charge in [-0.15, -0.1) is 0 Å². The maximum Gasteiger partial charge on any atom is 0.240 e. The van der Waals surface area contributed by atoms with Crippen LogP contribution in [0.3, 0.4) is 0 Å². The minimum atomic E-state index is -3.71. The lowest BCUT2D eigenvalue weighted by atomic mass is 10.2. The number of benzene rings is 2. The molecular weight excluding hydrogens is 309 g/mol. The van der Waals surface area contributed by atoms with Crippen molar-refractivity contribution in [3.05, 3.63) is 54.3 Å². The molecule has 0 amide bonds. The van der Waals surface area contributed by atoms with E-state index in [2.05, 4.69) is 4.72 Å². The zero-order valence-electron chi connectivity index (χ0n) is 11.5. The third-order valence-corrected chi connectivity index (χ3v) is 4.63. The van der Waals surface area contributed by atoms with Gasteiger partial charge in [0.1, 0.15) is 18.5 Å². The maximum absolute atomic E-state index is 12.8. The zero-order chi connectivity index (χ0) is 15.6. The minimum absolute atomic E-state index is 0.00558. The Bertz CT molecular complexity index is 761. The van der Waals surface area contributed by atoms with Gasteiger partial charge >= 0.3 is 0 Å². The lowest BCUT2D eigenvalue weighted by molar-refractivity contribution is 0.0943. The lowest BCUT2D eigenvalue weighted by Gasteiger charge is -2.26. The summed E-state index contributed by atoms with van der Waals surface area (Å²) in [5.74, 6) is 0.736. The van der Waals surface area contributed by atoms with E-state index in [1.807, 2.05) is 12.1 Å². The molecule has 2 aromatic rings. The minimum Gasteiger partial charge on any atom is -0.486 e. The molecule has 1 N–H and O–H groups in total. The molecule has 0 saturated carbocycles. The third kappa shape index (κ3) is 3.20. The summed E-state index contributed by atoms with van der Waals surface area (Å²) in [6.07, 6.45) is -0.426. The fourth-order valence-corrected chi connectivity index (χ4v) is 3.13. The van der Waals surface area contributed by atoms with Crippen LogP contribution in [0.25, 0.3) is 0 Å².